The van der Waals surface area contributed by atoms with Crippen molar-refractivity contribution >= 4 is 11.9 Å². The average molecular weight is 298 g/mol. The van der Waals surface area contributed by atoms with Gasteiger partial charge >= 0.3 is 11.9 Å². The third-order valence-electron chi connectivity index (χ3n) is 3.56. The normalized spacial score (nSPS) is 17.3. The van der Waals surface area contributed by atoms with E-state index in [4.69, 9.17) is 9.47 Å². The smallest absolute Gasteiger partial charge is 0.342 e. The number of benzene rings is 2. The molecule has 5 heteroatoms. The average Bonchev–Trinajstić information content (AvgIpc) is 2.94. The number of carbonyl (C=O) groups excluding carboxylic acids is 1. The van der Waals surface area contributed by atoms with Gasteiger partial charge in [-0.15, -0.1) is 0 Å². The third-order valence-corrected chi connectivity index (χ3v) is 3.56. The van der Waals surface area contributed by atoms with E-state index in [1.54, 1.807) is 12.1 Å². The molecule has 112 valence electrons. The largest absolute Gasteiger partial charge is 0.481 e. The van der Waals surface area contributed by atoms with Crippen LogP contribution in [0.4, 0.5) is 0 Å². The number of esters is 1. The summed E-state index contributed by atoms with van der Waals surface area (Å²) in [5, 5.41) is 9.21. The Bertz CT molecular complexity index is 708. The second-order valence-electron chi connectivity index (χ2n) is 4.94. The molecule has 5 nitrogen and oxygen atoms in total. The van der Waals surface area contributed by atoms with Crippen LogP contribution in [0.2, 0.25) is 0 Å². The van der Waals surface area contributed by atoms with Crippen LogP contribution in [-0.2, 0) is 25.5 Å². The number of hydrogen-bond acceptors (Lipinski definition) is 4. The third kappa shape index (κ3) is 2.71. The van der Waals surface area contributed by atoms with Crippen molar-refractivity contribution in [2.75, 3.05) is 6.79 Å². The zero-order valence-electron chi connectivity index (χ0n) is 11.7. The molecule has 22 heavy (non-hydrogen) atoms. The summed E-state index contributed by atoms with van der Waals surface area (Å²) in [6.45, 7) is -0.106. The van der Waals surface area contributed by atoms with Crippen molar-refractivity contribution in [1.29, 1.82) is 0 Å². The van der Waals surface area contributed by atoms with Crippen molar-refractivity contribution in [2.24, 2.45) is 0 Å². The van der Waals surface area contributed by atoms with Crippen molar-refractivity contribution in [2.45, 2.75) is 12.5 Å². The van der Waals surface area contributed by atoms with Crippen molar-refractivity contribution in [1.82, 2.24) is 0 Å². The van der Waals surface area contributed by atoms with Gasteiger partial charge in [0, 0.05) is 0 Å². The predicted molar refractivity (Wildman–Crippen MR) is 78.0 cm³/mol. The van der Waals surface area contributed by atoms with Gasteiger partial charge in [-0.3, -0.25) is 4.79 Å². The molecule has 1 aliphatic rings. The lowest BCUT2D eigenvalue weighted by atomic mass is 9.91. The number of rotatable bonds is 4. The Morgan fingerprint density at radius 1 is 1.14 bits per heavy atom. The molecule has 0 aliphatic carbocycles. The highest BCUT2D eigenvalue weighted by molar-refractivity contribution is 5.83. The van der Waals surface area contributed by atoms with Gasteiger partial charge in [-0.25, -0.2) is 4.79 Å². The maximum absolute atomic E-state index is 11.8. The zero-order chi connectivity index (χ0) is 15.5. The van der Waals surface area contributed by atoms with Crippen LogP contribution in [0.25, 0.3) is 11.1 Å². The number of carboxylic acid groups (broad SMARTS) is 1. The predicted octanol–water partition coefficient (Wildman–Crippen LogP) is 2.55. The lowest BCUT2D eigenvalue weighted by Crippen LogP contribution is -2.13. The fourth-order valence-corrected chi connectivity index (χ4v) is 2.61. The molecule has 2 aromatic carbocycles. The quantitative estimate of drug-likeness (QED) is 0.878. The second kappa shape index (κ2) is 5.99. The Kier molecular flexibility index (Phi) is 3.89. The minimum absolute atomic E-state index is 0.106. The van der Waals surface area contributed by atoms with Gasteiger partial charge in [0.25, 0.3) is 0 Å². The van der Waals surface area contributed by atoms with Gasteiger partial charge in [-0.1, -0.05) is 48.5 Å². The Morgan fingerprint density at radius 2 is 1.91 bits per heavy atom. The second-order valence-corrected chi connectivity index (χ2v) is 4.94. The van der Waals surface area contributed by atoms with E-state index in [-0.39, 0.29) is 13.2 Å². The Morgan fingerprint density at radius 3 is 2.55 bits per heavy atom. The summed E-state index contributed by atoms with van der Waals surface area (Å²) in [5.74, 6) is -1.45. The van der Waals surface area contributed by atoms with E-state index in [0.717, 1.165) is 11.1 Å². The Hall–Kier alpha value is -2.66. The zero-order valence-corrected chi connectivity index (χ0v) is 11.7. The summed E-state index contributed by atoms with van der Waals surface area (Å²) in [6, 6.07) is 14.8. The van der Waals surface area contributed by atoms with E-state index in [1.165, 1.54) is 0 Å². The number of carboxylic acids is 1. The van der Waals surface area contributed by atoms with Crippen LogP contribution < -0.4 is 0 Å². The molecule has 1 saturated heterocycles. The number of hydrogen-bond donors (Lipinski definition) is 1. The fourth-order valence-electron chi connectivity index (χ4n) is 2.61. The summed E-state index contributed by atoms with van der Waals surface area (Å²) < 4.78 is 10.1. The first-order chi connectivity index (χ1) is 10.7. The van der Waals surface area contributed by atoms with Crippen LogP contribution in [0.15, 0.2) is 48.5 Å². The molecule has 0 saturated carbocycles. The summed E-state index contributed by atoms with van der Waals surface area (Å²) in [6.07, 6.45) is -1.05. The number of ether oxygens (including phenoxy) is 2. The SMILES string of the molecule is O=C(O)Cc1c(-c2ccccc2)cccc1C1OCOC1=O. The molecule has 3 rings (SSSR count). The van der Waals surface area contributed by atoms with Crippen LogP contribution in [0, 0.1) is 0 Å². The van der Waals surface area contributed by atoms with Crippen LogP contribution in [0.5, 0.6) is 0 Å². The number of cyclic esters (lactones) is 1. The molecule has 2 aromatic rings. The molecule has 0 spiro atoms. The lowest BCUT2D eigenvalue weighted by Gasteiger charge is -2.16. The summed E-state index contributed by atoms with van der Waals surface area (Å²) in [4.78, 5) is 23.0. The molecule has 1 heterocycles. The number of aliphatic carboxylic acids is 1. The van der Waals surface area contributed by atoms with Crippen molar-refractivity contribution in [3.05, 3.63) is 59.7 Å². The first-order valence-corrected chi connectivity index (χ1v) is 6.84. The van der Waals surface area contributed by atoms with Crippen LogP contribution in [0.1, 0.15) is 17.2 Å². The fraction of sp³-hybridized carbons (Fsp3) is 0.176. The van der Waals surface area contributed by atoms with Crippen molar-refractivity contribution in [3.8, 4) is 11.1 Å². The van der Waals surface area contributed by atoms with Crippen molar-refractivity contribution < 1.29 is 24.2 Å². The molecule has 0 bridgehead atoms. The highest BCUT2D eigenvalue weighted by Crippen LogP contribution is 2.33. The maximum atomic E-state index is 11.8. The van der Waals surface area contributed by atoms with Crippen molar-refractivity contribution in [3.63, 3.8) is 0 Å². The molecule has 1 unspecified atom stereocenters. The number of carbonyl (C=O) groups is 2. The topological polar surface area (TPSA) is 72.8 Å². The Balaban J connectivity index is 2.14. The molecular formula is C17H14O5. The van der Waals surface area contributed by atoms with E-state index in [1.807, 2.05) is 36.4 Å². The maximum Gasteiger partial charge on any atom is 0.342 e. The van der Waals surface area contributed by atoms with Gasteiger partial charge in [0.2, 0.25) is 0 Å². The first-order valence-electron chi connectivity index (χ1n) is 6.84. The highest BCUT2D eigenvalue weighted by atomic mass is 16.7. The summed E-state index contributed by atoms with van der Waals surface area (Å²) >= 11 is 0. The van der Waals surface area contributed by atoms with Gasteiger partial charge in [0.1, 0.15) is 0 Å². The van der Waals surface area contributed by atoms with E-state index >= 15 is 0 Å². The molecule has 1 N–H and O–H groups in total. The van der Waals surface area contributed by atoms with Gasteiger partial charge in [-0.05, 0) is 22.3 Å². The molecule has 0 aromatic heterocycles. The minimum Gasteiger partial charge on any atom is -0.481 e. The lowest BCUT2D eigenvalue weighted by molar-refractivity contribution is -0.139. The standard InChI is InChI=1S/C17H14O5/c18-15(19)9-14-12(11-5-2-1-3-6-11)7-4-8-13(14)16-17(20)22-10-21-16/h1-8,16H,9-10H2,(H,18,19). The molecule has 1 fully saturated rings. The van der Waals surface area contributed by atoms with Gasteiger partial charge in [-0.2, -0.15) is 0 Å². The molecule has 1 aliphatic heterocycles. The molecule has 0 radical (unpaired) electrons. The highest BCUT2D eigenvalue weighted by Gasteiger charge is 2.32. The molecular weight excluding hydrogens is 284 g/mol. The van der Waals surface area contributed by atoms with E-state index in [2.05, 4.69) is 0 Å². The molecule has 0 amide bonds. The van der Waals surface area contributed by atoms with E-state index in [0.29, 0.717) is 11.1 Å². The minimum atomic E-state index is -0.962. The van der Waals surface area contributed by atoms with E-state index in [9.17, 15) is 14.7 Å². The molecule has 1 atom stereocenters. The first kappa shape index (κ1) is 14.3. The summed E-state index contributed by atoms with van der Waals surface area (Å²) in [5.41, 5.74) is 2.80. The Labute approximate surface area is 127 Å². The van der Waals surface area contributed by atoms with Crippen LogP contribution in [-0.4, -0.2) is 23.8 Å². The van der Waals surface area contributed by atoms with Gasteiger partial charge in [0.15, 0.2) is 12.9 Å². The monoisotopic (exact) mass is 298 g/mol. The van der Waals surface area contributed by atoms with Crippen LogP contribution in [0.3, 0.4) is 0 Å². The van der Waals surface area contributed by atoms with Gasteiger partial charge < -0.3 is 14.6 Å². The van der Waals surface area contributed by atoms with Gasteiger partial charge in [0.05, 0.1) is 6.42 Å². The van der Waals surface area contributed by atoms with E-state index < -0.39 is 18.0 Å². The summed E-state index contributed by atoms with van der Waals surface area (Å²) in [7, 11) is 0. The van der Waals surface area contributed by atoms with Crippen LogP contribution >= 0.6 is 0 Å².